The summed E-state index contributed by atoms with van der Waals surface area (Å²) in [5.74, 6) is -2.38. The third-order valence-electron chi connectivity index (χ3n) is 4.16. The molecule has 0 unspecified atom stereocenters. The maximum atomic E-state index is 14.3. The second-order valence-corrected chi connectivity index (χ2v) is 5.57. The van der Waals surface area contributed by atoms with Gasteiger partial charge in [0.25, 0.3) is 5.92 Å². The van der Waals surface area contributed by atoms with Gasteiger partial charge in [-0.1, -0.05) is 12.1 Å². The number of nitrogens with one attached hydrogen (secondary N) is 1. The minimum Gasteiger partial charge on any atom is -0.493 e. The predicted molar refractivity (Wildman–Crippen MR) is 82.1 cm³/mol. The molecule has 22 heavy (non-hydrogen) atoms. The second-order valence-electron chi connectivity index (χ2n) is 5.57. The highest BCUT2D eigenvalue weighted by atomic mass is 35.5. The normalized spacial score (nSPS) is 20.0. The molecular weight excluding hydrogens is 314 g/mol. The van der Waals surface area contributed by atoms with Gasteiger partial charge in [-0.2, -0.15) is 0 Å². The molecule has 1 fully saturated rings. The molecule has 1 aromatic carbocycles. The lowest BCUT2D eigenvalue weighted by molar-refractivity contribution is -0.118. The van der Waals surface area contributed by atoms with Gasteiger partial charge in [0.05, 0.1) is 6.61 Å². The first kappa shape index (κ1) is 17.4. The maximum Gasteiger partial charge on any atom is 0.289 e. The van der Waals surface area contributed by atoms with E-state index in [-0.39, 0.29) is 12.4 Å². The molecule has 0 bridgehead atoms. The quantitative estimate of drug-likeness (QED) is 0.878. The summed E-state index contributed by atoms with van der Waals surface area (Å²) < 4.78 is 34.0. The van der Waals surface area contributed by atoms with E-state index in [0.717, 1.165) is 17.7 Å². The first-order valence-electron chi connectivity index (χ1n) is 7.31. The number of halogens is 3. The van der Waals surface area contributed by atoms with Gasteiger partial charge in [-0.3, -0.25) is 4.90 Å². The van der Waals surface area contributed by atoms with Gasteiger partial charge in [-0.05, 0) is 17.2 Å². The summed E-state index contributed by atoms with van der Waals surface area (Å²) in [6.07, 6.45) is 0.752. The van der Waals surface area contributed by atoms with Crippen molar-refractivity contribution in [2.24, 2.45) is 0 Å². The highest BCUT2D eigenvalue weighted by Crippen LogP contribution is 2.38. The van der Waals surface area contributed by atoms with Gasteiger partial charge in [-0.15, -0.1) is 12.4 Å². The van der Waals surface area contributed by atoms with Gasteiger partial charge < -0.3 is 15.2 Å². The molecule has 0 spiro atoms. The van der Waals surface area contributed by atoms with E-state index in [0.29, 0.717) is 38.3 Å². The molecule has 0 radical (unpaired) electrons. The zero-order chi connectivity index (χ0) is 14.9. The van der Waals surface area contributed by atoms with Crippen molar-refractivity contribution in [2.75, 3.05) is 39.4 Å². The lowest BCUT2D eigenvalue weighted by atomic mass is 9.96. The van der Waals surface area contributed by atoms with Crippen LogP contribution >= 0.6 is 12.4 Å². The molecule has 1 saturated heterocycles. The number of rotatable bonds is 4. The number of aliphatic hydroxyl groups is 1. The van der Waals surface area contributed by atoms with E-state index >= 15 is 0 Å². The lowest BCUT2D eigenvalue weighted by Gasteiger charge is -2.38. The van der Waals surface area contributed by atoms with Crippen LogP contribution in [0.4, 0.5) is 8.78 Å². The van der Waals surface area contributed by atoms with Crippen LogP contribution in [0.2, 0.25) is 0 Å². The standard InChI is InChI=1S/C15H20F2N2O2.ClH/c16-15(17,10-20)14(19-6-4-18-5-7-19)12-1-2-13-11(9-12)3-8-21-13;/h1-2,9,14,18,20H,3-8,10H2;1H/t14-;/m0./s1. The smallest absolute Gasteiger partial charge is 0.289 e. The summed E-state index contributed by atoms with van der Waals surface area (Å²) in [5, 5.41) is 12.3. The fraction of sp³-hybridized carbons (Fsp3) is 0.600. The van der Waals surface area contributed by atoms with E-state index < -0.39 is 18.6 Å². The highest BCUT2D eigenvalue weighted by molar-refractivity contribution is 5.85. The van der Waals surface area contributed by atoms with Crippen molar-refractivity contribution in [3.8, 4) is 5.75 Å². The molecule has 0 aromatic heterocycles. The summed E-state index contributed by atoms with van der Waals surface area (Å²) >= 11 is 0. The van der Waals surface area contributed by atoms with Crippen molar-refractivity contribution in [2.45, 2.75) is 18.4 Å². The molecule has 1 atom stereocenters. The van der Waals surface area contributed by atoms with E-state index in [9.17, 15) is 8.78 Å². The molecule has 0 aliphatic carbocycles. The Bertz CT molecular complexity index is 510. The Labute approximate surface area is 134 Å². The zero-order valence-electron chi connectivity index (χ0n) is 12.2. The molecule has 2 aliphatic heterocycles. The number of aliphatic hydroxyl groups excluding tert-OH is 1. The summed E-state index contributed by atoms with van der Waals surface area (Å²) in [6, 6.07) is 4.18. The van der Waals surface area contributed by atoms with Crippen molar-refractivity contribution in [3.63, 3.8) is 0 Å². The van der Waals surface area contributed by atoms with E-state index in [1.807, 2.05) is 0 Å². The molecule has 2 aliphatic rings. The second kappa shape index (κ2) is 7.08. The molecule has 0 saturated carbocycles. The Morgan fingerprint density at radius 2 is 2.05 bits per heavy atom. The minimum absolute atomic E-state index is 0. The van der Waals surface area contributed by atoms with Crippen LogP contribution in [-0.4, -0.2) is 55.3 Å². The fourth-order valence-corrected chi connectivity index (χ4v) is 3.13. The van der Waals surface area contributed by atoms with Gasteiger partial charge in [0, 0.05) is 32.6 Å². The molecule has 7 heteroatoms. The molecule has 0 amide bonds. The van der Waals surface area contributed by atoms with Crippen LogP contribution < -0.4 is 10.1 Å². The van der Waals surface area contributed by atoms with Crippen molar-refractivity contribution in [3.05, 3.63) is 29.3 Å². The first-order chi connectivity index (χ1) is 10.1. The average molecular weight is 335 g/mol. The van der Waals surface area contributed by atoms with Crippen LogP contribution in [-0.2, 0) is 6.42 Å². The van der Waals surface area contributed by atoms with Crippen LogP contribution in [0, 0.1) is 0 Å². The first-order valence-corrected chi connectivity index (χ1v) is 7.31. The minimum atomic E-state index is -3.16. The number of benzene rings is 1. The third kappa shape index (κ3) is 3.35. The molecular formula is C15H21ClF2N2O2. The Kier molecular flexibility index (Phi) is 5.60. The van der Waals surface area contributed by atoms with E-state index in [1.54, 1.807) is 23.1 Å². The summed E-state index contributed by atoms with van der Waals surface area (Å²) in [7, 11) is 0. The molecule has 1 aromatic rings. The van der Waals surface area contributed by atoms with Crippen LogP contribution in [0.25, 0.3) is 0 Å². The molecule has 4 nitrogen and oxygen atoms in total. The van der Waals surface area contributed by atoms with Crippen LogP contribution in [0.3, 0.4) is 0 Å². The number of hydrogen-bond acceptors (Lipinski definition) is 4. The average Bonchev–Trinajstić information content (AvgIpc) is 2.96. The molecule has 2 heterocycles. The number of ether oxygens (including phenoxy) is 1. The van der Waals surface area contributed by atoms with Crippen LogP contribution in [0.15, 0.2) is 18.2 Å². The van der Waals surface area contributed by atoms with Crippen molar-refractivity contribution in [1.29, 1.82) is 0 Å². The lowest BCUT2D eigenvalue weighted by Crippen LogP contribution is -2.51. The van der Waals surface area contributed by atoms with Crippen LogP contribution in [0.1, 0.15) is 17.2 Å². The number of alkyl halides is 2. The zero-order valence-corrected chi connectivity index (χ0v) is 13.0. The predicted octanol–water partition coefficient (Wildman–Crippen LogP) is 1.62. The van der Waals surface area contributed by atoms with Crippen molar-refractivity contribution < 1.29 is 18.6 Å². The third-order valence-corrected chi connectivity index (χ3v) is 4.16. The van der Waals surface area contributed by atoms with Crippen molar-refractivity contribution in [1.82, 2.24) is 10.2 Å². The van der Waals surface area contributed by atoms with Gasteiger partial charge in [0.15, 0.2) is 0 Å². The van der Waals surface area contributed by atoms with Crippen molar-refractivity contribution >= 4 is 12.4 Å². The molecule has 3 rings (SSSR count). The topological polar surface area (TPSA) is 44.7 Å². The van der Waals surface area contributed by atoms with E-state index in [2.05, 4.69) is 5.32 Å². The fourth-order valence-electron chi connectivity index (χ4n) is 3.13. The van der Waals surface area contributed by atoms with Gasteiger partial charge in [0.1, 0.15) is 18.4 Å². The van der Waals surface area contributed by atoms with E-state index in [4.69, 9.17) is 9.84 Å². The number of hydrogen-bond donors (Lipinski definition) is 2. The van der Waals surface area contributed by atoms with Gasteiger partial charge >= 0.3 is 0 Å². The van der Waals surface area contributed by atoms with Gasteiger partial charge in [0.2, 0.25) is 0 Å². The Balaban J connectivity index is 0.00000176. The Hall–Kier alpha value is -0.950. The monoisotopic (exact) mass is 334 g/mol. The SMILES string of the molecule is Cl.OCC(F)(F)[C@H](c1ccc2c(c1)CCO2)N1CCNCC1. The summed E-state index contributed by atoms with van der Waals surface area (Å²) in [4.78, 5) is 1.75. The summed E-state index contributed by atoms with van der Waals surface area (Å²) in [5.41, 5.74) is 1.53. The number of fused-ring (bicyclic) bond motifs is 1. The van der Waals surface area contributed by atoms with Crippen LogP contribution in [0.5, 0.6) is 5.75 Å². The largest absolute Gasteiger partial charge is 0.493 e. The number of nitrogens with zero attached hydrogens (tertiary/aromatic N) is 1. The summed E-state index contributed by atoms with van der Waals surface area (Å²) in [6.45, 7) is 1.93. The Morgan fingerprint density at radius 3 is 2.73 bits per heavy atom. The number of piperazine rings is 1. The molecule has 124 valence electrons. The Morgan fingerprint density at radius 1 is 1.32 bits per heavy atom. The van der Waals surface area contributed by atoms with Gasteiger partial charge in [-0.25, -0.2) is 8.78 Å². The molecule has 2 N–H and O–H groups in total. The maximum absolute atomic E-state index is 14.3. The van der Waals surface area contributed by atoms with E-state index in [1.165, 1.54) is 0 Å². The highest BCUT2D eigenvalue weighted by Gasteiger charge is 2.44.